The average Bonchev–Trinajstić information content (AvgIpc) is 3.47. The number of hydrogen-bond acceptors (Lipinski definition) is 6. The van der Waals surface area contributed by atoms with E-state index in [2.05, 4.69) is 24.0 Å². The second-order valence-electron chi connectivity index (χ2n) is 10.8. The average molecular weight is 460 g/mol. The van der Waals surface area contributed by atoms with E-state index in [0.29, 0.717) is 19.4 Å². The van der Waals surface area contributed by atoms with E-state index in [-0.39, 0.29) is 12.0 Å². The Labute approximate surface area is 198 Å². The summed E-state index contributed by atoms with van der Waals surface area (Å²) in [5, 5.41) is 21.7. The van der Waals surface area contributed by atoms with E-state index in [1.54, 1.807) is 7.11 Å². The van der Waals surface area contributed by atoms with Crippen molar-refractivity contribution in [1.29, 1.82) is 0 Å². The van der Waals surface area contributed by atoms with Gasteiger partial charge < -0.3 is 24.5 Å². The van der Waals surface area contributed by atoms with Gasteiger partial charge in [-0.2, -0.15) is 0 Å². The first kappa shape index (κ1) is 24.5. The monoisotopic (exact) mass is 459 g/mol. The highest BCUT2D eigenvalue weighted by Crippen LogP contribution is 2.51. The lowest BCUT2D eigenvalue weighted by Gasteiger charge is -2.47. The van der Waals surface area contributed by atoms with Gasteiger partial charge in [0.05, 0.1) is 24.9 Å². The number of carbonyl (C=O) groups excluding carboxylic acids is 1. The summed E-state index contributed by atoms with van der Waals surface area (Å²) in [5.74, 6) is 1.56. The summed E-state index contributed by atoms with van der Waals surface area (Å²) in [6.45, 7) is 5.33. The molecule has 184 valence electrons. The molecule has 0 spiro atoms. The molecule has 6 nitrogen and oxygen atoms in total. The first-order chi connectivity index (χ1) is 15.8. The van der Waals surface area contributed by atoms with Crippen molar-refractivity contribution in [3.05, 3.63) is 23.8 Å². The number of rotatable bonds is 8. The van der Waals surface area contributed by atoms with Gasteiger partial charge in [-0.25, -0.2) is 0 Å². The van der Waals surface area contributed by atoms with Gasteiger partial charge in [0, 0.05) is 24.4 Å². The SMILES string of the molecule is COc1ccc(C2CN(C3(C(O)C=O)CCCCC3)CC2(C)C(C)O)cc1OC1CCCC1. The van der Waals surface area contributed by atoms with Crippen molar-refractivity contribution in [1.82, 2.24) is 4.90 Å². The van der Waals surface area contributed by atoms with E-state index < -0.39 is 23.2 Å². The van der Waals surface area contributed by atoms with Crippen LogP contribution in [0.25, 0.3) is 0 Å². The molecule has 4 rings (SSSR count). The predicted molar refractivity (Wildman–Crippen MR) is 128 cm³/mol. The summed E-state index contributed by atoms with van der Waals surface area (Å²) < 4.78 is 12.0. The Balaban J connectivity index is 1.67. The Morgan fingerprint density at radius 2 is 1.79 bits per heavy atom. The third-order valence-electron chi connectivity index (χ3n) is 8.90. The minimum Gasteiger partial charge on any atom is -0.493 e. The van der Waals surface area contributed by atoms with Crippen LogP contribution in [0.1, 0.15) is 83.1 Å². The fourth-order valence-corrected chi connectivity index (χ4v) is 6.54. The van der Waals surface area contributed by atoms with Crippen LogP contribution in [0.5, 0.6) is 11.5 Å². The molecular formula is C27H41NO5. The van der Waals surface area contributed by atoms with Crippen LogP contribution >= 0.6 is 0 Å². The first-order valence-corrected chi connectivity index (χ1v) is 12.7. The number of nitrogens with zero attached hydrogens (tertiary/aromatic N) is 1. The summed E-state index contributed by atoms with van der Waals surface area (Å²) in [6.07, 6.45) is 8.72. The van der Waals surface area contributed by atoms with Gasteiger partial charge in [0.25, 0.3) is 0 Å². The molecule has 1 aromatic carbocycles. The van der Waals surface area contributed by atoms with Crippen molar-refractivity contribution in [2.24, 2.45) is 5.41 Å². The van der Waals surface area contributed by atoms with Gasteiger partial charge in [0.15, 0.2) is 11.5 Å². The van der Waals surface area contributed by atoms with Crippen LogP contribution in [-0.4, -0.2) is 65.4 Å². The molecule has 1 aliphatic heterocycles. The van der Waals surface area contributed by atoms with Gasteiger partial charge in [0.1, 0.15) is 12.4 Å². The maximum atomic E-state index is 11.7. The van der Waals surface area contributed by atoms with Gasteiger partial charge >= 0.3 is 0 Å². The standard InChI is InChI=1S/C27H41NO5/c1-19(30)26(2)18-28(27(25(31)17-29)13-7-4-8-14-27)16-22(26)20-11-12-23(32-3)24(15-20)33-21-9-5-6-10-21/h11-12,15,17,19,21-22,25,30-31H,4-10,13-14,16,18H2,1-3H3. The van der Waals surface area contributed by atoms with Crippen LogP contribution < -0.4 is 9.47 Å². The molecule has 0 bridgehead atoms. The van der Waals surface area contributed by atoms with E-state index in [9.17, 15) is 15.0 Å². The van der Waals surface area contributed by atoms with E-state index >= 15 is 0 Å². The molecule has 4 unspecified atom stereocenters. The third kappa shape index (κ3) is 4.54. The quantitative estimate of drug-likeness (QED) is 0.571. The van der Waals surface area contributed by atoms with Crippen LogP contribution in [0.3, 0.4) is 0 Å². The second-order valence-corrected chi connectivity index (χ2v) is 10.8. The number of hydrogen-bond donors (Lipinski definition) is 2. The van der Waals surface area contributed by atoms with Crippen molar-refractivity contribution >= 4 is 6.29 Å². The fraction of sp³-hybridized carbons (Fsp3) is 0.741. The molecule has 2 N–H and O–H groups in total. The Morgan fingerprint density at radius 3 is 2.39 bits per heavy atom. The summed E-state index contributed by atoms with van der Waals surface area (Å²) in [6, 6.07) is 6.15. The van der Waals surface area contributed by atoms with Gasteiger partial charge in [0.2, 0.25) is 0 Å². The molecule has 0 aromatic heterocycles. The van der Waals surface area contributed by atoms with Gasteiger partial charge in [-0.3, -0.25) is 4.90 Å². The first-order valence-electron chi connectivity index (χ1n) is 12.7. The minimum absolute atomic E-state index is 0.0481. The number of ether oxygens (including phenoxy) is 2. The van der Waals surface area contributed by atoms with Crippen LogP contribution in [-0.2, 0) is 4.79 Å². The molecule has 0 amide bonds. The molecule has 1 heterocycles. The highest BCUT2D eigenvalue weighted by atomic mass is 16.5. The Hall–Kier alpha value is -1.63. The molecule has 1 saturated heterocycles. The smallest absolute Gasteiger partial charge is 0.161 e. The molecule has 3 fully saturated rings. The molecule has 6 heteroatoms. The van der Waals surface area contributed by atoms with Crippen molar-refractivity contribution in [3.8, 4) is 11.5 Å². The lowest BCUT2D eigenvalue weighted by Crippen LogP contribution is -2.58. The number of aliphatic hydroxyl groups is 2. The highest BCUT2D eigenvalue weighted by molar-refractivity contribution is 5.58. The third-order valence-corrected chi connectivity index (χ3v) is 8.90. The number of benzene rings is 1. The number of carbonyl (C=O) groups is 1. The Morgan fingerprint density at radius 1 is 1.09 bits per heavy atom. The van der Waals surface area contributed by atoms with Gasteiger partial charge in [-0.1, -0.05) is 32.3 Å². The maximum absolute atomic E-state index is 11.7. The van der Waals surface area contributed by atoms with Crippen molar-refractivity contribution < 1.29 is 24.5 Å². The van der Waals surface area contributed by atoms with E-state index in [0.717, 1.165) is 62.0 Å². The summed E-state index contributed by atoms with van der Waals surface area (Å²) in [5.41, 5.74) is 0.161. The van der Waals surface area contributed by atoms with E-state index in [1.165, 1.54) is 12.8 Å². The number of likely N-dealkylation sites (tertiary alicyclic amines) is 1. The number of methoxy groups -OCH3 is 1. The van der Waals surface area contributed by atoms with Crippen LogP contribution in [0.2, 0.25) is 0 Å². The molecule has 3 aliphatic rings. The zero-order valence-corrected chi connectivity index (χ0v) is 20.5. The second kappa shape index (κ2) is 9.93. The summed E-state index contributed by atoms with van der Waals surface area (Å²) in [4.78, 5) is 14.0. The number of aldehydes is 1. The zero-order chi connectivity index (χ0) is 23.6. The molecular weight excluding hydrogens is 418 g/mol. The van der Waals surface area contributed by atoms with Gasteiger partial charge in [-0.15, -0.1) is 0 Å². The largest absolute Gasteiger partial charge is 0.493 e. The Bertz CT molecular complexity index is 815. The summed E-state index contributed by atoms with van der Waals surface area (Å²) in [7, 11) is 1.67. The minimum atomic E-state index is -1.01. The van der Waals surface area contributed by atoms with Crippen LogP contribution in [0, 0.1) is 5.41 Å². The maximum Gasteiger partial charge on any atom is 0.161 e. The summed E-state index contributed by atoms with van der Waals surface area (Å²) >= 11 is 0. The Kier molecular flexibility index (Phi) is 7.37. The van der Waals surface area contributed by atoms with Crippen molar-refractivity contribution in [2.45, 2.75) is 101 Å². The highest BCUT2D eigenvalue weighted by Gasteiger charge is 2.54. The van der Waals surface area contributed by atoms with Crippen LogP contribution in [0.4, 0.5) is 0 Å². The molecule has 2 saturated carbocycles. The molecule has 1 aromatic rings. The van der Waals surface area contributed by atoms with Crippen LogP contribution in [0.15, 0.2) is 18.2 Å². The molecule has 33 heavy (non-hydrogen) atoms. The van der Waals surface area contributed by atoms with E-state index in [1.807, 2.05) is 13.0 Å². The zero-order valence-electron chi connectivity index (χ0n) is 20.5. The lowest BCUT2D eigenvalue weighted by molar-refractivity contribution is -0.126. The molecule has 0 radical (unpaired) electrons. The van der Waals surface area contributed by atoms with E-state index in [4.69, 9.17) is 9.47 Å². The normalized spacial score (nSPS) is 30.2. The van der Waals surface area contributed by atoms with Crippen molar-refractivity contribution in [2.75, 3.05) is 20.2 Å². The molecule has 2 aliphatic carbocycles. The topological polar surface area (TPSA) is 79.2 Å². The van der Waals surface area contributed by atoms with Gasteiger partial charge in [-0.05, 0) is 63.1 Å². The van der Waals surface area contributed by atoms with Crippen molar-refractivity contribution in [3.63, 3.8) is 0 Å². The predicted octanol–water partition coefficient (Wildman–Crippen LogP) is 4.07. The number of aliphatic hydroxyl groups excluding tert-OH is 2. The lowest BCUT2D eigenvalue weighted by atomic mass is 9.72. The fourth-order valence-electron chi connectivity index (χ4n) is 6.54. The molecule has 4 atom stereocenters.